The fraction of sp³-hybridized carbons (Fsp3) is 0.333. The molecule has 0 bridgehead atoms. The Balaban J connectivity index is 1.80. The van der Waals surface area contributed by atoms with Crippen LogP contribution in [-0.4, -0.2) is 40.9 Å². The molecule has 1 aliphatic heterocycles. The lowest BCUT2D eigenvalue weighted by Crippen LogP contribution is -2.51. The first kappa shape index (κ1) is 20.3. The van der Waals surface area contributed by atoms with Crippen LogP contribution in [0.3, 0.4) is 0 Å². The minimum atomic E-state index is -1.31. The highest BCUT2D eigenvalue weighted by atomic mass is 16.2. The summed E-state index contributed by atoms with van der Waals surface area (Å²) in [5, 5.41) is 9.18. The van der Waals surface area contributed by atoms with Gasteiger partial charge in [0.15, 0.2) is 0 Å². The van der Waals surface area contributed by atoms with Gasteiger partial charge in [0.2, 0.25) is 5.91 Å². The number of nitrogens with one attached hydrogen (secondary N) is 3. The van der Waals surface area contributed by atoms with Crippen molar-refractivity contribution < 1.29 is 19.2 Å². The van der Waals surface area contributed by atoms with Crippen LogP contribution in [0, 0.1) is 0 Å². The number of carbonyl (C=O) groups is 4. The molecule has 152 valence electrons. The predicted octanol–water partition coefficient (Wildman–Crippen LogP) is 2.23. The molecule has 1 saturated heterocycles. The van der Waals surface area contributed by atoms with Gasteiger partial charge < -0.3 is 10.6 Å². The lowest BCUT2D eigenvalue weighted by molar-refractivity contribution is -0.134. The topological polar surface area (TPSA) is 108 Å². The summed E-state index contributed by atoms with van der Waals surface area (Å²) in [6.45, 7) is 6.36. The molecular formula is C21H24N4O4. The summed E-state index contributed by atoms with van der Waals surface area (Å²) in [7, 11) is 0. The zero-order valence-corrected chi connectivity index (χ0v) is 16.8. The predicted molar refractivity (Wildman–Crippen MR) is 108 cm³/mol. The number of imide groups is 2. The van der Waals surface area contributed by atoms with Crippen LogP contribution in [-0.2, 0) is 15.1 Å². The monoisotopic (exact) mass is 396 g/mol. The largest absolute Gasteiger partial charge is 0.333 e. The van der Waals surface area contributed by atoms with Crippen LogP contribution >= 0.6 is 0 Å². The van der Waals surface area contributed by atoms with Crippen LogP contribution in [0.25, 0.3) is 10.8 Å². The second-order valence-corrected chi connectivity index (χ2v) is 8.23. The third kappa shape index (κ3) is 4.06. The number of urea groups is 2. The maximum absolute atomic E-state index is 13.1. The Morgan fingerprint density at radius 2 is 1.72 bits per heavy atom. The molecule has 29 heavy (non-hydrogen) atoms. The summed E-state index contributed by atoms with van der Waals surface area (Å²) in [5.74, 6) is -1.30. The second-order valence-electron chi connectivity index (χ2n) is 8.23. The average molecular weight is 396 g/mol. The summed E-state index contributed by atoms with van der Waals surface area (Å²) in [5.41, 5.74) is -1.20. The lowest BCUT2D eigenvalue weighted by atomic mass is 9.88. The molecule has 6 amide bonds. The number of carbonyl (C=O) groups excluding carboxylic acids is 4. The second kappa shape index (κ2) is 7.20. The first-order chi connectivity index (χ1) is 13.5. The van der Waals surface area contributed by atoms with Crippen molar-refractivity contribution in [1.82, 2.24) is 20.9 Å². The number of hydrogen-bond acceptors (Lipinski definition) is 4. The van der Waals surface area contributed by atoms with Crippen molar-refractivity contribution in [2.75, 3.05) is 6.54 Å². The van der Waals surface area contributed by atoms with E-state index in [-0.39, 0.29) is 0 Å². The van der Waals surface area contributed by atoms with E-state index in [2.05, 4.69) is 16.0 Å². The standard InChI is InChI=1S/C21H24N4O4/c1-20(2,3)23-18(28)22-16(26)12-25-17(27)21(4,24-19(25)29)15-11-7-9-13-8-5-6-10-14(13)15/h5-11H,12H2,1-4H3,(H,24,29)(H2,22,23,26,28)/t21-/m0/s1. The van der Waals surface area contributed by atoms with Gasteiger partial charge in [-0.2, -0.15) is 0 Å². The molecule has 1 aliphatic rings. The van der Waals surface area contributed by atoms with Crippen LogP contribution < -0.4 is 16.0 Å². The van der Waals surface area contributed by atoms with E-state index in [1.54, 1.807) is 33.8 Å². The van der Waals surface area contributed by atoms with Gasteiger partial charge in [-0.25, -0.2) is 9.59 Å². The van der Waals surface area contributed by atoms with Gasteiger partial charge in [0.1, 0.15) is 12.1 Å². The van der Waals surface area contributed by atoms with Gasteiger partial charge in [0.25, 0.3) is 5.91 Å². The fourth-order valence-corrected chi connectivity index (χ4v) is 3.37. The zero-order valence-electron chi connectivity index (χ0n) is 16.8. The van der Waals surface area contributed by atoms with Crippen LogP contribution in [0.4, 0.5) is 9.59 Å². The molecule has 8 heteroatoms. The average Bonchev–Trinajstić information content (AvgIpc) is 2.83. The van der Waals surface area contributed by atoms with Crippen molar-refractivity contribution in [2.24, 2.45) is 0 Å². The lowest BCUT2D eigenvalue weighted by Gasteiger charge is -2.24. The quantitative estimate of drug-likeness (QED) is 0.692. The Morgan fingerprint density at radius 3 is 2.41 bits per heavy atom. The van der Waals surface area contributed by atoms with E-state index in [4.69, 9.17) is 0 Å². The SMILES string of the molecule is CC(C)(C)NC(=O)NC(=O)CN1C(=O)N[C@@](C)(c2cccc3ccccc23)C1=O. The fourth-order valence-electron chi connectivity index (χ4n) is 3.37. The van der Waals surface area contributed by atoms with E-state index in [0.29, 0.717) is 5.56 Å². The van der Waals surface area contributed by atoms with Crippen molar-refractivity contribution in [3.05, 3.63) is 48.0 Å². The van der Waals surface area contributed by atoms with Crippen LogP contribution in [0.2, 0.25) is 0 Å². The zero-order chi connectivity index (χ0) is 21.4. The number of benzene rings is 2. The molecule has 1 atom stereocenters. The van der Waals surface area contributed by atoms with Crippen molar-refractivity contribution >= 4 is 34.6 Å². The molecule has 0 spiro atoms. The van der Waals surface area contributed by atoms with E-state index < -0.39 is 41.5 Å². The number of nitrogens with zero attached hydrogens (tertiary/aromatic N) is 1. The molecule has 0 radical (unpaired) electrons. The molecule has 1 heterocycles. The van der Waals surface area contributed by atoms with E-state index in [9.17, 15) is 19.2 Å². The number of hydrogen-bond donors (Lipinski definition) is 3. The highest BCUT2D eigenvalue weighted by molar-refractivity contribution is 6.11. The maximum atomic E-state index is 13.1. The number of fused-ring (bicyclic) bond motifs is 1. The summed E-state index contributed by atoms with van der Waals surface area (Å²) in [6.07, 6.45) is 0. The van der Waals surface area contributed by atoms with Gasteiger partial charge >= 0.3 is 12.1 Å². The molecule has 2 aromatic rings. The maximum Gasteiger partial charge on any atom is 0.325 e. The van der Waals surface area contributed by atoms with E-state index in [1.165, 1.54) is 0 Å². The smallest absolute Gasteiger partial charge is 0.325 e. The Bertz CT molecular complexity index is 1010. The normalized spacial score (nSPS) is 19.2. The first-order valence-electron chi connectivity index (χ1n) is 9.25. The van der Waals surface area contributed by atoms with Crippen LogP contribution in [0.15, 0.2) is 42.5 Å². The van der Waals surface area contributed by atoms with Gasteiger partial charge in [0, 0.05) is 5.54 Å². The van der Waals surface area contributed by atoms with Gasteiger partial charge in [-0.3, -0.25) is 19.8 Å². The number of rotatable bonds is 3. The molecule has 0 unspecified atom stereocenters. The van der Waals surface area contributed by atoms with Crippen molar-refractivity contribution in [1.29, 1.82) is 0 Å². The van der Waals surface area contributed by atoms with Crippen molar-refractivity contribution in [3.63, 3.8) is 0 Å². The highest BCUT2D eigenvalue weighted by Crippen LogP contribution is 2.33. The van der Waals surface area contributed by atoms with Crippen LogP contribution in [0.1, 0.15) is 33.3 Å². The summed E-state index contributed by atoms with van der Waals surface area (Å²) < 4.78 is 0. The summed E-state index contributed by atoms with van der Waals surface area (Å²) >= 11 is 0. The highest BCUT2D eigenvalue weighted by Gasteiger charge is 2.50. The Morgan fingerprint density at radius 1 is 1.07 bits per heavy atom. The van der Waals surface area contributed by atoms with Gasteiger partial charge in [-0.15, -0.1) is 0 Å². The molecule has 8 nitrogen and oxygen atoms in total. The Hall–Kier alpha value is -3.42. The van der Waals surface area contributed by atoms with E-state index in [0.717, 1.165) is 15.7 Å². The summed E-state index contributed by atoms with van der Waals surface area (Å²) in [6, 6.07) is 11.7. The summed E-state index contributed by atoms with van der Waals surface area (Å²) in [4.78, 5) is 50.4. The molecule has 0 saturated carbocycles. The van der Waals surface area contributed by atoms with Crippen LogP contribution in [0.5, 0.6) is 0 Å². The molecular weight excluding hydrogens is 372 g/mol. The Labute approximate surface area is 168 Å². The first-order valence-corrected chi connectivity index (χ1v) is 9.25. The molecule has 0 aromatic heterocycles. The molecule has 0 aliphatic carbocycles. The number of amides is 6. The molecule has 3 N–H and O–H groups in total. The third-order valence-electron chi connectivity index (χ3n) is 4.65. The van der Waals surface area contributed by atoms with Gasteiger partial charge in [-0.05, 0) is 44.0 Å². The Kier molecular flexibility index (Phi) is 5.04. The van der Waals surface area contributed by atoms with Crippen molar-refractivity contribution in [3.8, 4) is 0 Å². The third-order valence-corrected chi connectivity index (χ3v) is 4.65. The van der Waals surface area contributed by atoms with Gasteiger partial charge in [0.05, 0.1) is 0 Å². The molecule has 1 fully saturated rings. The van der Waals surface area contributed by atoms with Gasteiger partial charge in [-0.1, -0.05) is 42.5 Å². The van der Waals surface area contributed by atoms with Crippen molar-refractivity contribution in [2.45, 2.75) is 38.8 Å². The minimum Gasteiger partial charge on any atom is -0.333 e. The minimum absolute atomic E-state index is 0.530. The van der Waals surface area contributed by atoms with E-state index >= 15 is 0 Å². The van der Waals surface area contributed by atoms with E-state index in [1.807, 2.05) is 36.4 Å². The molecule has 3 rings (SSSR count). The molecule has 2 aromatic carbocycles.